The third-order valence-electron chi connectivity index (χ3n) is 3.31. The maximum Gasteiger partial charge on any atom is 0.421 e. The van der Waals surface area contributed by atoms with Crippen molar-refractivity contribution in [3.8, 4) is 0 Å². The monoisotopic (exact) mass is 269 g/mol. The van der Waals surface area contributed by atoms with Gasteiger partial charge in [-0.25, -0.2) is 19.8 Å². The minimum atomic E-state index is -0.944. The van der Waals surface area contributed by atoms with Gasteiger partial charge in [-0.1, -0.05) is 11.6 Å². The van der Waals surface area contributed by atoms with E-state index in [0.717, 1.165) is 30.5 Å². The first-order valence-corrected chi connectivity index (χ1v) is 6.23. The lowest BCUT2D eigenvalue weighted by molar-refractivity contribution is -0.000235. The quantitative estimate of drug-likeness (QED) is 0.839. The van der Waals surface area contributed by atoms with E-state index >= 15 is 0 Å². The predicted octanol–water partition coefficient (Wildman–Crippen LogP) is 2.71. The number of hydrogen-bond donors (Lipinski definition) is 1. The summed E-state index contributed by atoms with van der Waals surface area (Å²) in [5.41, 5.74) is 1.93. The maximum absolute atomic E-state index is 11.0. The summed E-state index contributed by atoms with van der Waals surface area (Å²) in [6, 6.07) is 2.04. The van der Waals surface area contributed by atoms with Crippen molar-refractivity contribution in [1.82, 2.24) is 15.0 Å². The molecule has 2 rings (SSSR count). The SMILES string of the molecule is Cc1cc(C2CCCN2N(C)C(=O)O)cnc1Cl. The van der Waals surface area contributed by atoms with Crippen LogP contribution in [0.4, 0.5) is 4.79 Å². The molecule has 5 nitrogen and oxygen atoms in total. The zero-order valence-corrected chi connectivity index (χ0v) is 11.2. The number of pyridine rings is 1. The molecule has 1 aliphatic rings. The lowest BCUT2D eigenvalue weighted by Crippen LogP contribution is -2.42. The van der Waals surface area contributed by atoms with Gasteiger partial charge in [0.05, 0.1) is 6.04 Å². The van der Waals surface area contributed by atoms with Crippen LogP contribution in [0.3, 0.4) is 0 Å². The van der Waals surface area contributed by atoms with Crippen molar-refractivity contribution in [2.24, 2.45) is 0 Å². The first kappa shape index (κ1) is 13.1. The minimum Gasteiger partial charge on any atom is -0.464 e. The van der Waals surface area contributed by atoms with E-state index in [-0.39, 0.29) is 6.04 Å². The van der Waals surface area contributed by atoms with Crippen molar-refractivity contribution in [3.63, 3.8) is 0 Å². The second kappa shape index (κ2) is 5.12. The Hall–Kier alpha value is -1.33. The molecule has 0 spiro atoms. The molecule has 1 atom stereocenters. The van der Waals surface area contributed by atoms with E-state index in [0.29, 0.717) is 5.15 Å². The van der Waals surface area contributed by atoms with E-state index < -0.39 is 6.09 Å². The highest BCUT2D eigenvalue weighted by atomic mass is 35.5. The average Bonchev–Trinajstić information content (AvgIpc) is 2.80. The summed E-state index contributed by atoms with van der Waals surface area (Å²) in [6.07, 6.45) is 2.69. The Morgan fingerprint density at radius 2 is 2.39 bits per heavy atom. The zero-order chi connectivity index (χ0) is 13.3. The number of hydrazine groups is 1. The summed E-state index contributed by atoms with van der Waals surface area (Å²) in [4.78, 5) is 15.2. The second-order valence-corrected chi connectivity index (χ2v) is 4.86. The molecule has 1 saturated heterocycles. The predicted molar refractivity (Wildman–Crippen MR) is 68.5 cm³/mol. The molecule has 0 radical (unpaired) electrons. The molecule has 1 unspecified atom stereocenters. The third kappa shape index (κ3) is 2.42. The van der Waals surface area contributed by atoms with Crippen LogP contribution in [0.5, 0.6) is 0 Å². The van der Waals surface area contributed by atoms with Crippen LogP contribution < -0.4 is 0 Å². The number of rotatable bonds is 2. The highest BCUT2D eigenvalue weighted by molar-refractivity contribution is 6.30. The lowest BCUT2D eigenvalue weighted by atomic mass is 10.1. The Kier molecular flexibility index (Phi) is 3.73. The Labute approximate surface area is 111 Å². The largest absolute Gasteiger partial charge is 0.464 e. The summed E-state index contributed by atoms with van der Waals surface area (Å²) >= 11 is 5.91. The van der Waals surface area contributed by atoms with Gasteiger partial charge in [0.1, 0.15) is 5.15 Å². The molecule has 0 aliphatic carbocycles. The Bertz CT molecular complexity index is 467. The van der Waals surface area contributed by atoms with Crippen LogP contribution in [0.15, 0.2) is 12.3 Å². The highest BCUT2D eigenvalue weighted by Crippen LogP contribution is 2.33. The Morgan fingerprint density at radius 1 is 1.67 bits per heavy atom. The molecule has 0 bridgehead atoms. The number of nitrogens with zero attached hydrogens (tertiary/aromatic N) is 3. The molecule has 98 valence electrons. The van der Waals surface area contributed by atoms with Gasteiger partial charge in [-0.05, 0) is 37.0 Å². The number of carboxylic acid groups (broad SMARTS) is 1. The van der Waals surface area contributed by atoms with E-state index in [1.54, 1.807) is 13.2 Å². The van der Waals surface area contributed by atoms with Crippen molar-refractivity contribution in [2.75, 3.05) is 13.6 Å². The van der Waals surface area contributed by atoms with E-state index in [9.17, 15) is 4.79 Å². The number of amides is 1. The van der Waals surface area contributed by atoms with E-state index in [1.807, 2.05) is 18.0 Å². The first-order chi connectivity index (χ1) is 8.50. The first-order valence-electron chi connectivity index (χ1n) is 5.86. The Balaban J connectivity index is 2.25. The molecule has 1 amide bonds. The third-order valence-corrected chi connectivity index (χ3v) is 3.70. The van der Waals surface area contributed by atoms with Gasteiger partial charge in [0, 0.05) is 19.8 Å². The number of halogens is 1. The molecule has 2 heterocycles. The van der Waals surface area contributed by atoms with Crippen LogP contribution in [0.2, 0.25) is 5.15 Å². The van der Waals surface area contributed by atoms with Gasteiger partial charge in [0.25, 0.3) is 0 Å². The fraction of sp³-hybridized carbons (Fsp3) is 0.500. The Morgan fingerprint density at radius 3 is 3.00 bits per heavy atom. The number of hydrogen-bond acceptors (Lipinski definition) is 3. The van der Waals surface area contributed by atoms with Crippen molar-refractivity contribution < 1.29 is 9.90 Å². The smallest absolute Gasteiger partial charge is 0.421 e. The fourth-order valence-electron chi connectivity index (χ4n) is 2.32. The number of aryl methyl sites for hydroxylation is 1. The van der Waals surface area contributed by atoms with E-state index in [1.165, 1.54) is 5.01 Å². The number of aromatic nitrogens is 1. The molecule has 6 heteroatoms. The molecule has 1 aromatic heterocycles. The minimum absolute atomic E-state index is 0.0644. The topological polar surface area (TPSA) is 56.7 Å². The van der Waals surface area contributed by atoms with Crippen molar-refractivity contribution in [2.45, 2.75) is 25.8 Å². The summed E-state index contributed by atoms with van der Waals surface area (Å²) < 4.78 is 0. The summed E-state index contributed by atoms with van der Waals surface area (Å²) in [5.74, 6) is 0. The van der Waals surface area contributed by atoms with E-state index in [2.05, 4.69) is 4.98 Å². The normalized spacial score (nSPS) is 20.1. The molecule has 0 aromatic carbocycles. The average molecular weight is 270 g/mol. The molecule has 1 aromatic rings. The molecule has 1 fully saturated rings. The van der Waals surface area contributed by atoms with Crippen LogP contribution in [-0.4, -0.2) is 39.8 Å². The van der Waals surface area contributed by atoms with Gasteiger partial charge in [-0.15, -0.1) is 0 Å². The van der Waals surface area contributed by atoms with Gasteiger partial charge in [0.15, 0.2) is 0 Å². The summed E-state index contributed by atoms with van der Waals surface area (Å²) in [6.45, 7) is 2.65. The van der Waals surface area contributed by atoms with Gasteiger partial charge >= 0.3 is 6.09 Å². The van der Waals surface area contributed by atoms with Crippen LogP contribution >= 0.6 is 11.6 Å². The summed E-state index contributed by atoms with van der Waals surface area (Å²) in [7, 11) is 1.57. The van der Waals surface area contributed by atoms with Gasteiger partial charge < -0.3 is 5.11 Å². The maximum atomic E-state index is 11.0. The van der Waals surface area contributed by atoms with Gasteiger partial charge in [-0.3, -0.25) is 0 Å². The molecular weight excluding hydrogens is 254 g/mol. The van der Waals surface area contributed by atoms with Crippen molar-refractivity contribution in [3.05, 3.63) is 28.5 Å². The zero-order valence-electron chi connectivity index (χ0n) is 10.4. The van der Waals surface area contributed by atoms with Crippen LogP contribution in [0, 0.1) is 6.92 Å². The molecule has 1 N–H and O–H groups in total. The second-order valence-electron chi connectivity index (χ2n) is 4.50. The van der Waals surface area contributed by atoms with Crippen molar-refractivity contribution >= 4 is 17.7 Å². The highest BCUT2D eigenvalue weighted by Gasteiger charge is 2.31. The molecule has 0 saturated carbocycles. The van der Waals surface area contributed by atoms with Gasteiger partial charge in [0.2, 0.25) is 0 Å². The number of carbonyl (C=O) groups is 1. The van der Waals surface area contributed by atoms with Crippen LogP contribution in [-0.2, 0) is 0 Å². The molecular formula is C12H16ClN3O2. The van der Waals surface area contributed by atoms with Crippen molar-refractivity contribution in [1.29, 1.82) is 0 Å². The van der Waals surface area contributed by atoms with Gasteiger partial charge in [-0.2, -0.15) is 0 Å². The molecule has 18 heavy (non-hydrogen) atoms. The fourth-order valence-corrected chi connectivity index (χ4v) is 2.42. The summed E-state index contributed by atoms with van der Waals surface area (Å²) in [5, 5.41) is 12.7. The lowest BCUT2D eigenvalue weighted by Gasteiger charge is -2.31. The van der Waals surface area contributed by atoms with E-state index in [4.69, 9.17) is 16.7 Å². The standard InChI is InChI=1S/C12H16ClN3O2/c1-8-6-9(7-14-11(8)13)10-4-3-5-16(10)15(2)12(17)18/h6-7,10H,3-5H2,1-2H3,(H,17,18). The molecule has 1 aliphatic heterocycles. The van der Waals surface area contributed by atoms with Crippen LogP contribution in [0.1, 0.15) is 30.0 Å². The van der Waals surface area contributed by atoms with Crippen LogP contribution in [0.25, 0.3) is 0 Å².